The first-order valence-corrected chi connectivity index (χ1v) is 9.83. The zero-order chi connectivity index (χ0) is 20.9. The summed E-state index contributed by atoms with van der Waals surface area (Å²) in [5, 5.41) is 2.55. The van der Waals surface area contributed by atoms with Gasteiger partial charge in [-0.25, -0.2) is 12.8 Å². The molecular formula is C19H21FN2O5S. The largest absolute Gasteiger partial charge is 0.459 e. The molecule has 0 aliphatic carbocycles. The van der Waals surface area contributed by atoms with E-state index in [9.17, 15) is 22.4 Å². The molecule has 0 unspecified atom stereocenters. The number of halogens is 1. The highest BCUT2D eigenvalue weighted by atomic mass is 32.2. The van der Waals surface area contributed by atoms with Gasteiger partial charge in [0.1, 0.15) is 18.0 Å². The number of rotatable bonds is 6. The maximum atomic E-state index is 13.2. The number of ether oxygens (including phenoxy) is 1. The summed E-state index contributed by atoms with van der Waals surface area (Å²) in [4.78, 5) is 23.6. The van der Waals surface area contributed by atoms with Crippen LogP contribution in [0.1, 0.15) is 31.1 Å². The number of amides is 1. The van der Waals surface area contributed by atoms with E-state index in [1.165, 1.54) is 42.5 Å². The molecule has 0 saturated heterocycles. The van der Waals surface area contributed by atoms with Crippen molar-refractivity contribution in [3.63, 3.8) is 0 Å². The van der Waals surface area contributed by atoms with Crippen LogP contribution in [0.15, 0.2) is 53.4 Å². The second kappa shape index (κ2) is 8.49. The fourth-order valence-electron chi connectivity index (χ4n) is 2.17. The highest BCUT2D eigenvalue weighted by Gasteiger charge is 2.20. The van der Waals surface area contributed by atoms with E-state index in [0.29, 0.717) is 5.69 Å². The Morgan fingerprint density at radius 1 is 1.07 bits per heavy atom. The Hall–Kier alpha value is -2.78. The van der Waals surface area contributed by atoms with Crippen molar-refractivity contribution < 1.29 is 27.1 Å². The molecule has 0 aliphatic rings. The zero-order valence-electron chi connectivity index (χ0n) is 15.7. The molecule has 0 fully saturated rings. The second-order valence-corrected chi connectivity index (χ2v) is 8.67. The lowest BCUT2D eigenvalue weighted by atomic mass is 10.2. The predicted octanol–water partition coefficient (Wildman–Crippen LogP) is 2.70. The van der Waals surface area contributed by atoms with E-state index in [1.807, 2.05) is 0 Å². The molecule has 7 nitrogen and oxygen atoms in total. The maximum absolute atomic E-state index is 13.2. The summed E-state index contributed by atoms with van der Waals surface area (Å²) in [6.45, 7) is 4.53. The van der Waals surface area contributed by atoms with Crippen LogP contribution in [0.3, 0.4) is 0 Å². The van der Waals surface area contributed by atoms with Crippen molar-refractivity contribution in [2.75, 3.05) is 11.9 Å². The molecule has 0 saturated carbocycles. The van der Waals surface area contributed by atoms with Crippen molar-refractivity contribution >= 4 is 27.6 Å². The summed E-state index contributed by atoms with van der Waals surface area (Å²) in [5.41, 5.74) is -0.250. The van der Waals surface area contributed by atoms with Crippen molar-refractivity contribution in [1.29, 1.82) is 0 Å². The van der Waals surface area contributed by atoms with Gasteiger partial charge in [-0.2, -0.15) is 4.72 Å². The number of anilines is 1. The summed E-state index contributed by atoms with van der Waals surface area (Å²) >= 11 is 0. The molecule has 0 atom stereocenters. The first-order valence-electron chi connectivity index (χ1n) is 8.35. The summed E-state index contributed by atoms with van der Waals surface area (Å²) in [6.07, 6.45) is 0. The molecule has 0 aromatic heterocycles. The quantitative estimate of drug-likeness (QED) is 0.716. The van der Waals surface area contributed by atoms with Gasteiger partial charge < -0.3 is 10.1 Å². The second-order valence-electron chi connectivity index (χ2n) is 6.90. The molecule has 0 bridgehead atoms. The van der Waals surface area contributed by atoms with Crippen LogP contribution in [0.25, 0.3) is 0 Å². The van der Waals surface area contributed by atoms with Gasteiger partial charge in [-0.15, -0.1) is 0 Å². The fraction of sp³-hybridized carbons (Fsp3) is 0.263. The van der Waals surface area contributed by atoms with Gasteiger partial charge in [-0.1, -0.05) is 6.07 Å². The topological polar surface area (TPSA) is 102 Å². The first-order chi connectivity index (χ1) is 13.0. The normalized spacial score (nSPS) is 11.7. The summed E-state index contributed by atoms with van der Waals surface area (Å²) in [5.74, 6) is -1.77. The van der Waals surface area contributed by atoms with Crippen LogP contribution in [0.5, 0.6) is 0 Å². The van der Waals surface area contributed by atoms with Crippen molar-refractivity contribution in [3.05, 3.63) is 59.9 Å². The van der Waals surface area contributed by atoms with E-state index in [1.54, 1.807) is 20.8 Å². The molecule has 2 aromatic rings. The van der Waals surface area contributed by atoms with Gasteiger partial charge in [-0.05, 0) is 63.2 Å². The smallest absolute Gasteiger partial charge is 0.321 e. The maximum Gasteiger partial charge on any atom is 0.321 e. The Bertz CT molecular complexity index is 967. The van der Waals surface area contributed by atoms with E-state index >= 15 is 0 Å². The Morgan fingerprint density at radius 3 is 2.29 bits per heavy atom. The van der Waals surface area contributed by atoms with E-state index < -0.39 is 39.9 Å². The van der Waals surface area contributed by atoms with Crippen molar-refractivity contribution in [3.8, 4) is 0 Å². The molecule has 2 rings (SSSR count). The molecule has 0 aliphatic heterocycles. The number of hydrogen-bond acceptors (Lipinski definition) is 5. The van der Waals surface area contributed by atoms with Crippen molar-refractivity contribution in [2.24, 2.45) is 0 Å². The molecule has 0 heterocycles. The Labute approximate surface area is 163 Å². The minimum atomic E-state index is -3.93. The number of hydrogen-bond donors (Lipinski definition) is 2. The van der Waals surface area contributed by atoms with Gasteiger partial charge in [0.15, 0.2) is 0 Å². The number of nitrogens with one attached hydrogen (secondary N) is 2. The summed E-state index contributed by atoms with van der Waals surface area (Å²) < 4.78 is 44.9. The lowest BCUT2D eigenvalue weighted by molar-refractivity contribution is -0.153. The molecule has 1 amide bonds. The standard InChI is InChI=1S/C19H21FN2O5S/c1-19(2,3)27-17(23)12-21-28(25,26)16-9-7-15(8-10-16)22-18(24)13-5-4-6-14(20)11-13/h4-11,21H,12H2,1-3H3,(H,22,24). The van der Waals surface area contributed by atoms with Crippen LogP contribution in [-0.4, -0.2) is 32.4 Å². The van der Waals surface area contributed by atoms with Crippen LogP contribution >= 0.6 is 0 Å². The molecule has 2 N–H and O–H groups in total. The van der Waals surface area contributed by atoms with Gasteiger partial charge in [-0.3, -0.25) is 9.59 Å². The van der Waals surface area contributed by atoms with Gasteiger partial charge in [0, 0.05) is 11.3 Å². The van der Waals surface area contributed by atoms with Crippen LogP contribution in [0, 0.1) is 5.82 Å². The van der Waals surface area contributed by atoms with Gasteiger partial charge in [0.25, 0.3) is 5.91 Å². The molecule has 150 valence electrons. The third-order valence-electron chi connectivity index (χ3n) is 3.34. The van der Waals surface area contributed by atoms with Gasteiger partial charge in [0.05, 0.1) is 4.90 Å². The highest BCUT2D eigenvalue weighted by molar-refractivity contribution is 7.89. The molecule has 28 heavy (non-hydrogen) atoms. The van der Waals surface area contributed by atoms with Crippen LogP contribution in [-0.2, 0) is 19.6 Å². The average molecular weight is 408 g/mol. The summed E-state index contributed by atoms with van der Waals surface area (Å²) in [7, 11) is -3.93. The first kappa shape index (κ1) is 21.5. The number of carbonyl (C=O) groups excluding carboxylic acids is 2. The number of esters is 1. The summed E-state index contributed by atoms with van der Waals surface area (Å²) in [6, 6.07) is 10.5. The Morgan fingerprint density at radius 2 is 1.71 bits per heavy atom. The molecular weight excluding hydrogens is 387 g/mol. The molecule has 9 heteroatoms. The van der Waals surface area contributed by atoms with Crippen LogP contribution in [0.4, 0.5) is 10.1 Å². The predicted molar refractivity (Wildman–Crippen MR) is 102 cm³/mol. The SMILES string of the molecule is CC(C)(C)OC(=O)CNS(=O)(=O)c1ccc(NC(=O)c2cccc(F)c2)cc1. The highest BCUT2D eigenvalue weighted by Crippen LogP contribution is 2.15. The van der Waals surface area contributed by atoms with Crippen LogP contribution in [0.2, 0.25) is 0 Å². The third kappa shape index (κ3) is 6.43. The minimum Gasteiger partial charge on any atom is -0.459 e. The Balaban J connectivity index is 2.00. The molecule has 0 radical (unpaired) electrons. The average Bonchev–Trinajstić information content (AvgIpc) is 2.59. The van der Waals surface area contributed by atoms with E-state index in [-0.39, 0.29) is 10.5 Å². The zero-order valence-corrected chi connectivity index (χ0v) is 16.5. The van der Waals surface area contributed by atoms with Crippen molar-refractivity contribution in [2.45, 2.75) is 31.3 Å². The lowest BCUT2D eigenvalue weighted by Crippen LogP contribution is -2.34. The number of benzene rings is 2. The molecule has 0 spiro atoms. The van der Waals surface area contributed by atoms with Gasteiger partial charge >= 0.3 is 5.97 Å². The van der Waals surface area contributed by atoms with Crippen LogP contribution < -0.4 is 10.0 Å². The molecule has 2 aromatic carbocycles. The van der Waals surface area contributed by atoms with E-state index in [2.05, 4.69) is 10.0 Å². The Kier molecular flexibility index (Phi) is 6.52. The van der Waals surface area contributed by atoms with Gasteiger partial charge in [0.2, 0.25) is 10.0 Å². The number of carbonyl (C=O) groups is 2. The lowest BCUT2D eigenvalue weighted by Gasteiger charge is -2.19. The fourth-order valence-corrected chi connectivity index (χ4v) is 3.13. The minimum absolute atomic E-state index is 0.0835. The van der Waals surface area contributed by atoms with Crippen molar-refractivity contribution in [1.82, 2.24) is 4.72 Å². The van der Waals surface area contributed by atoms with E-state index in [4.69, 9.17) is 4.74 Å². The third-order valence-corrected chi connectivity index (χ3v) is 4.75. The monoisotopic (exact) mass is 408 g/mol. The number of sulfonamides is 1. The van der Waals surface area contributed by atoms with E-state index in [0.717, 1.165) is 6.07 Å².